The second-order valence-corrected chi connectivity index (χ2v) is 7.07. The molecule has 1 aromatic carbocycles. The van der Waals surface area contributed by atoms with E-state index in [9.17, 15) is 4.79 Å². The van der Waals surface area contributed by atoms with Crippen molar-refractivity contribution in [2.75, 3.05) is 26.7 Å². The summed E-state index contributed by atoms with van der Waals surface area (Å²) < 4.78 is 1.01. The molecule has 1 aromatic rings. The zero-order valence-electron chi connectivity index (χ0n) is 13.2. The topological polar surface area (TPSA) is 23.6 Å². The van der Waals surface area contributed by atoms with Crippen LogP contribution in [0.3, 0.4) is 0 Å². The van der Waals surface area contributed by atoms with Gasteiger partial charge in [-0.1, -0.05) is 28.1 Å². The van der Waals surface area contributed by atoms with Crippen LogP contribution >= 0.6 is 15.9 Å². The molecule has 2 unspecified atom stereocenters. The molecule has 1 aliphatic heterocycles. The quantitative estimate of drug-likeness (QED) is 0.758. The van der Waals surface area contributed by atoms with E-state index in [0.717, 1.165) is 36.1 Å². The summed E-state index contributed by atoms with van der Waals surface area (Å²) in [6.45, 7) is 7.77. The number of carbonyl (C=O) groups is 1. The van der Waals surface area contributed by atoms with Crippen LogP contribution in [0.4, 0.5) is 0 Å². The Balaban J connectivity index is 1.76. The van der Waals surface area contributed by atoms with Gasteiger partial charge in [-0.25, -0.2) is 0 Å². The zero-order chi connectivity index (χ0) is 15.4. The number of benzene rings is 1. The molecule has 2 rings (SSSR count). The van der Waals surface area contributed by atoms with Crippen LogP contribution in [-0.2, 0) is 0 Å². The number of nitrogens with zero attached hydrogens (tertiary/aromatic N) is 2. The molecular weight excluding hydrogens is 328 g/mol. The Kier molecular flexibility index (Phi) is 5.97. The van der Waals surface area contributed by atoms with Crippen LogP contribution in [0.5, 0.6) is 0 Å². The molecule has 0 aliphatic carbocycles. The van der Waals surface area contributed by atoms with E-state index in [1.165, 1.54) is 0 Å². The lowest BCUT2D eigenvalue weighted by atomic mass is 10.1. The summed E-state index contributed by atoms with van der Waals surface area (Å²) in [6.07, 6.45) is 1.58. The van der Waals surface area contributed by atoms with Gasteiger partial charge >= 0.3 is 0 Å². The third-order valence-electron chi connectivity index (χ3n) is 4.48. The number of carbonyl (C=O) groups excluding carboxylic acids is 1. The molecule has 4 heteroatoms. The Morgan fingerprint density at radius 1 is 1.19 bits per heavy atom. The van der Waals surface area contributed by atoms with Crippen molar-refractivity contribution >= 4 is 21.7 Å². The largest absolute Gasteiger partial charge is 0.300 e. The molecule has 0 N–H and O–H groups in total. The lowest BCUT2D eigenvalue weighted by Gasteiger charge is -2.42. The fourth-order valence-corrected chi connectivity index (χ4v) is 3.20. The summed E-state index contributed by atoms with van der Waals surface area (Å²) in [7, 11) is 2.20. The molecule has 0 radical (unpaired) electrons. The number of likely N-dealkylation sites (N-methyl/N-ethyl adjacent to an activating group) is 1. The van der Waals surface area contributed by atoms with Gasteiger partial charge in [0, 0.05) is 41.6 Å². The first-order chi connectivity index (χ1) is 9.97. The molecule has 1 fully saturated rings. The Bertz CT molecular complexity index is 462. The molecule has 1 saturated heterocycles. The number of ketones is 1. The second-order valence-electron chi connectivity index (χ2n) is 6.16. The van der Waals surface area contributed by atoms with Crippen LogP contribution in [0.1, 0.15) is 37.0 Å². The van der Waals surface area contributed by atoms with Crippen molar-refractivity contribution < 1.29 is 4.79 Å². The van der Waals surface area contributed by atoms with Crippen molar-refractivity contribution in [2.24, 2.45) is 0 Å². The van der Waals surface area contributed by atoms with Crippen LogP contribution in [0.25, 0.3) is 0 Å². The Morgan fingerprint density at radius 3 is 2.33 bits per heavy atom. The molecule has 0 aromatic heterocycles. The van der Waals surface area contributed by atoms with Crippen LogP contribution in [0.15, 0.2) is 28.7 Å². The first-order valence-electron chi connectivity index (χ1n) is 7.70. The van der Waals surface area contributed by atoms with Crippen LogP contribution in [-0.4, -0.2) is 54.3 Å². The molecule has 21 heavy (non-hydrogen) atoms. The predicted octanol–water partition coefficient (Wildman–Crippen LogP) is 3.44. The number of Topliss-reactive ketones (excluding diaryl/α,β-unsaturated/α-hetero) is 1. The van der Waals surface area contributed by atoms with Crippen LogP contribution in [0, 0.1) is 0 Å². The van der Waals surface area contributed by atoms with Gasteiger partial charge in [-0.2, -0.15) is 0 Å². The third kappa shape index (κ3) is 4.63. The molecule has 3 nitrogen and oxygen atoms in total. The minimum atomic E-state index is 0.248. The summed E-state index contributed by atoms with van der Waals surface area (Å²) in [6, 6.07) is 8.83. The predicted molar refractivity (Wildman–Crippen MR) is 90.8 cm³/mol. The minimum absolute atomic E-state index is 0.248. The van der Waals surface area contributed by atoms with E-state index in [1.54, 1.807) is 0 Å². The Morgan fingerprint density at radius 2 is 1.76 bits per heavy atom. The summed E-state index contributed by atoms with van der Waals surface area (Å²) in [5.41, 5.74) is 0.818. The van der Waals surface area contributed by atoms with Gasteiger partial charge in [0.25, 0.3) is 0 Å². The van der Waals surface area contributed by atoms with E-state index in [0.29, 0.717) is 18.5 Å². The molecule has 1 heterocycles. The third-order valence-corrected chi connectivity index (χ3v) is 5.01. The summed E-state index contributed by atoms with van der Waals surface area (Å²) >= 11 is 3.39. The lowest BCUT2D eigenvalue weighted by molar-refractivity contribution is 0.0587. The molecule has 0 bridgehead atoms. The maximum Gasteiger partial charge on any atom is 0.162 e. The summed E-state index contributed by atoms with van der Waals surface area (Å²) in [5, 5.41) is 0. The minimum Gasteiger partial charge on any atom is -0.300 e. The van der Waals surface area contributed by atoms with Gasteiger partial charge in [-0.3, -0.25) is 9.69 Å². The van der Waals surface area contributed by atoms with Crippen molar-refractivity contribution in [1.29, 1.82) is 0 Å². The molecule has 0 amide bonds. The van der Waals surface area contributed by atoms with Crippen LogP contribution in [0.2, 0.25) is 0 Å². The Hall–Kier alpha value is -0.710. The highest BCUT2D eigenvalue weighted by atomic mass is 79.9. The number of hydrogen-bond acceptors (Lipinski definition) is 3. The van der Waals surface area contributed by atoms with Gasteiger partial charge in [0.05, 0.1) is 0 Å². The van der Waals surface area contributed by atoms with Crippen LogP contribution < -0.4 is 0 Å². The van der Waals surface area contributed by atoms with Crippen molar-refractivity contribution in [1.82, 2.24) is 9.80 Å². The SMILES string of the molecule is CC1CN(CCCC(=O)c2ccc(Br)cc2)CC(C)N1C. The van der Waals surface area contributed by atoms with E-state index in [2.05, 4.69) is 46.6 Å². The van der Waals surface area contributed by atoms with E-state index in [-0.39, 0.29) is 5.78 Å². The van der Waals surface area contributed by atoms with E-state index < -0.39 is 0 Å². The molecule has 116 valence electrons. The fraction of sp³-hybridized carbons (Fsp3) is 0.588. The van der Waals surface area contributed by atoms with E-state index in [4.69, 9.17) is 0 Å². The van der Waals surface area contributed by atoms with E-state index in [1.807, 2.05) is 24.3 Å². The highest BCUT2D eigenvalue weighted by molar-refractivity contribution is 9.10. The maximum atomic E-state index is 12.1. The highest BCUT2D eigenvalue weighted by Gasteiger charge is 2.25. The number of rotatable bonds is 5. The Labute approximate surface area is 136 Å². The fourth-order valence-electron chi connectivity index (χ4n) is 2.94. The van der Waals surface area contributed by atoms with Gasteiger partial charge in [0.2, 0.25) is 0 Å². The molecular formula is C17H25BrN2O. The lowest BCUT2D eigenvalue weighted by Crippen LogP contribution is -2.54. The average molecular weight is 353 g/mol. The second kappa shape index (κ2) is 7.52. The van der Waals surface area contributed by atoms with E-state index >= 15 is 0 Å². The first-order valence-corrected chi connectivity index (χ1v) is 8.49. The van der Waals surface area contributed by atoms with Crippen molar-refractivity contribution in [2.45, 2.75) is 38.8 Å². The number of piperazine rings is 1. The zero-order valence-corrected chi connectivity index (χ0v) is 14.8. The maximum absolute atomic E-state index is 12.1. The molecule has 2 atom stereocenters. The normalized spacial score (nSPS) is 24.2. The van der Waals surface area contributed by atoms with Gasteiger partial charge in [-0.05, 0) is 46.0 Å². The monoisotopic (exact) mass is 352 g/mol. The van der Waals surface area contributed by atoms with Crippen molar-refractivity contribution in [3.05, 3.63) is 34.3 Å². The summed E-state index contributed by atoms with van der Waals surface area (Å²) in [5.74, 6) is 0.248. The van der Waals surface area contributed by atoms with Gasteiger partial charge < -0.3 is 4.90 Å². The van der Waals surface area contributed by atoms with Gasteiger partial charge in [0.1, 0.15) is 0 Å². The molecule has 0 spiro atoms. The smallest absolute Gasteiger partial charge is 0.162 e. The van der Waals surface area contributed by atoms with Crippen molar-refractivity contribution in [3.63, 3.8) is 0 Å². The van der Waals surface area contributed by atoms with Gasteiger partial charge in [-0.15, -0.1) is 0 Å². The number of halogens is 1. The highest BCUT2D eigenvalue weighted by Crippen LogP contribution is 2.15. The molecule has 0 saturated carbocycles. The molecule has 1 aliphatic rings. The number of hydrogen-bond donors (Lipinski definition) is 0. The standard InChI is InChI=1S/C17H25BrN2O/c1-13-11-20(12-14(2)19(13)3)10-4-5-17(21)15-6-8-16(18)9-7-15/h6-9,13-14H,4-5,10-12H2,1-3H3. The van der Waals surface area contributed by atoms with Gasteiger partial charge in [0.15, 0.2) is 5.78 Å². The first kappa shape index (κ1) is 16.7. The summed E-state index contributed by atoms with van der Waals surface area (Å²) in [4.78, 5) is 17.1. The van der Waals surface area contributed by atoms with Crippen molar-refractivity contribution in [3.8, 4) is 0 Å². The average Bonchev–Trinajstić information content (AvgIpc) is 2.45.